The Kier molecular flexibility index (Phi) is 7.09. The fraction of sp³-hybridized carbons (Fsp3) is 0.273. The van der Waals surface area contributed by atoms with Gasteiger partial charge in [-0.3, -0.25) is 0 Å². The number of nitrogen functional groups attached to an aromatic ring is 1. The molecule has 0 saturated carbocycles. The predicted molar refractivity (Wildman–Crippen MR) is 125 cm³/mol. The van der Waals surface area contributed by atoms with Gasteiger partial charge in [-0.2, -0.15) is 4.31 Å². The first-order valence-corrected chi connectivity index (χ1v) is 11.7. The maximum atomic E-state index is 12.6. The molecule has 2 aromatic carbocycles. The molecule has 1 aromatic heterocycles. The minimum absolute atomic E-state index is 0.246. The second kappa shape index (κ2) is 9.76. The molecule has 0 aliphatic heterocycles. The van der Waals surface area contributed by atoms with Gasteiger partial charge >= 0.3 is 0 Å². The molecule has 0 fully saturated rings. The van der Waals surface area contributed by atoms with E-state index >= 15 is 0 Å². The van der Waals surface area contributed by atoms with E-state index in [-0.39, 0.29) is 4.90 Å². The Bertz CT molecular complexity index is 1130. The van der Waals surface area contributed by atoms with E-state index in [0.717, 1.165) is 17.7 Å². The van der Waals surface area contributed by atoms with E-state index in [1.54, 1.807) is 24.3 Å². The van der Waals surface area contributed by atoms with Crippen LogP contribution in [0, 0.1) is 0 Å². The third-order valence-corrected chi connectivity index (χ3v) is 7.06. The average Bonchev–Trinajstić information content (AvgIpc) is 2.78. The van der Waals surface area contributed by atoms with Crippen molar-refractivity contribution in [3.63, 3.8) is 0 Å². The number of anilines is 5. The maximum absolute atomic E-state index is 12.6. The van der Waals surface area contributed by atoms with Crippen molar-refractivity contribution >= 4 is 38.7 Å². The lowest BCUT2D eigenvalue weighted by Crippen LogP contribution is -2.30. The number of hydrogen-bond donors (Lipinski definition) is 3. The number of benzene rings is 2. The third kappa shape index (κ3) is 4.95. The van der Waals surface area contributed by atoms with Crippen LogP contribution in [0.4, 0.5) is 28.7 Å². The zero-order valence-corrected chi connectivity index (χ0v) is 18.8. The Hall–Kier alpha value is -3.17. The zero-order valence-electron chi connectivity index (χ0n) is 18.0. The summed E-state index contributed by atoms with van der Waals surface area (Å²) in [6.07, 6.45) is 2.30. The van der Waals surface area contributed by atoms with Crippen LogP contribution in [0.3, 0.4) is 0 Å². The molecule has 0 saturated heterocycles. The topological polar surface area (TPSA) is 113 Å². The Morgan fingerprint density at radius 2 is 1.52 bits per heavy atom. The molecule has 3 rings (SSSR count). The molecule has 164 valence electrons. The monoisotopic (exact) mass is 440 g/mol. The fourth-order valence-corrected chi connectivity index (χ4v) is 4.69. The molecular formula is C22H28N6O2S. The maximum Gasteiger partial charge on any atom is 0.243 e. The highest BCUT2D eigenvalue weighted by molar-refractivity contribution is 7.89. The van der Waals surface area contributed by atoms with Crippen LogP contribution in [0.5, 0.6) is 0 Å². The van der Waals surface area contributed by atoms with Gasteiger partial charge in [0, 0.05) is 24.5 Å². The summed E-state index contributed by atoms with van der Waals surface area (Å²) in [5, 5.41) is 6.41. The Morgan fingerprint density at radius 1 is 0.903 bits per heavy atom. The van der Waals surface area contributed by atoms with Gasteiger partial charge in [-0.25, -0.2) is 18.4 Å². The molecule has 0 spiro atoms. The molecule has 0 bridgehead atoms. The van der Waals surface area contributed by atoms with Crippen molar-refractivity contribution in [2.75, 3.05) is 29.5 Å². The van der Waals surface area contributed by atoms with Crippen LogP contribution >= 0.6 is 0 Å². The number of hydrogen-bond acceptors (Lipinski definition) is 7. The van der Waals surface area contributed by atoms with Crippen LogP contribution in [0.1, 0.15) is 26.3 Å². The van der Waals surface area contributed by atoms with Gasteiger partial charge in [-0.15, -0.1) is 0 Å². The summed E-state index contributed by atoms with van der Waals surface area (Å²) in [6, 6.07) is 14.5. The van der Waals surface area contributed by atoms with E-state index < -0.39 is 10.0 Å². The van der Waals surface area contributed by atoms with E-state index in [1.165, 1.54) is 10.6 Å². The van der Waals surface area contributed by atoms with Crippen molar-refractivity contribution in [2.24, 2.45) is 0 Å². The van der Waals surface area contributed by atoms with Gasteiger partial charge in [0.2, 0.25) is 10.0 Å². The van der Waals surface area contributed by atoms with Crippen LogP contribution in [0.15, 0.2) is 59.8 Å². The first-order chi connectivity index (χ1) is 14.9. The molecule has 0 radical (unpaired) electrons. The first kappa shape index (κ1) is 22.5. The summed E-state index contributed by atoms with van der Waals surface area (Å²) in [5.41, 5.74) is 9.42. The fourth-order valence-electron chi connectivity index (χ4n) is 3.23. The minimum atomic E-state index is -3.50. The summed E-state index contributed by atoms with van der Waals surface area (Å²) in [4.78, 5) is 8.74. The highest BCUT2D eigenvalue weighted by Gasteiger charge is 2.21. The van der Waals surface area contributed by atoms with Crippen molar-refractivity contribution in [3.8, 4) is 0 Å². The van der Waals surface area contributed by atoms with Crippen LogP contribution in [-0.4, -0.2) is 35.8 Å². The Balaban J connectivity index is 1.81. The van der Waals surface area contributed by atoms with Gasteiger partial charge in [0.05, 0.1) is 4.90 Å². The number of nitrogens with zero attached hydrogens (tertiary/aromatic N) is 3. The molecule has 0 atom stereocenters. The van der Waals surface area contributed by atoms with E-state index in [2.05, 4.69) is 27.5 Å². The van der Waals surface area contributed by atoms with Gasteiger partial charge in [-0.1, -0.05) is 39.0 Å². The largest absolute Gasteiger partial charge is 0.393 e. The highest BCUT2D eigenvalue weighted by atomic mass is 32.2. The van der Waals surface area contributed by atoms with Crippen LogP contribution in [0.25, 0.3) is 0 Å². The van der Waals surface area contributed by atoms with Gasteiger partial charge in [0.25, 0.3) is 0 Å². The minimum Gasteiger partial charge on any atom is -0.393 e. The lowest BCUT2D eigenvalue weighted by Gasteiger charge is -2.18. The second-order valence-corrected chi connectivity index (χ2v) is 8.80. The SMILES string of the molecule is CCc1ccccc1Nc1ncnc(Nc2ccc(S(=O)(=O)N(CC)CC)cc2)c1N. The van der Waals surface area contributed by atoms with Crippen molar-refractivity contribution in [1.82, 2.24) is 14.3 Å². The summed E-state index contributed by atoms with van der Waals surface area (Å²) in [5.74, 6) is 0.935. The van der Waals surface area contributed by atoms with E-state index in [0.29, 0.717) is 36.1 Å². The Morgan fingerprint density at radius 3 is 2.13 bits per heavy atom. The van der Waals surface area contributed by atoms with Gasteiger partial charge in [0.1, 0.15) is 12.0 Å². The molecule has 1 heterocycles. The molecule has 0 amide bonds. The quantitative estimate of drug-likeness (QED) is 0.458. The number of rotatable bonds is 9. The number of sulfonamides is 1. The molecule has 31 heavy (non-hydrogen) atoms. The number of aromatic nitrogens is 2. The van der Waals surface area contributed by atoms with Gasteiger partial charge < -0.3 is 16.4 Å². The van der Waals surface area contributed by atoms with Crippen LogP contribution in [0.2, 0.25) is 0 Å². The standard InChI is InChI=1S/C22H28N6O2S/c1-4-16-9-7-8-10-19(16)27-22-20(23)21(24-15-25-22)26-17-11-13-18(14-12-17)31(29,30)28(5-2)6-3/h7-15H,4-6,23H2,1-3H3,(H2,24,25,26,27). The Labute approximate surface area is 183 Å². The lowest BCUT2D eigenvalue weighted by atomic mass is 10.1. The van der Waals surface area contributed by atoms with Gasteiger partial charge in [-0.05, 0) is 42.3 Å². The normalized spacial score (nSPS) is 11.5. The second-order valence-electron chi connectivity index (χ2n) is 6.86. The van der Waals surface area contributed by atoms with E-state index in [4.69, 9.17) is 5.73 Å². The zero-order chi connectivity index (χ0) is 22.4. The number of aryl methyl sites for hydroxylation is 1. The number of nitrogens with two attached hydrogens (primary N) is 1. The van der Waals surface area contributed by atoms with Crippen molar-refractivity contribution < 1.29 is 8.42 Å². The number of nitrogens with one attached hydrogen (secondary N) is 2. The van der Waals surface area contributed by atoms with Crippen LogP contribution in [-0.2, 0) is 16.4 Å². The molecule has 0 aliphatic carbocycles. The summed E-state index contributed by atoms with van der Waals surface area (Å²) in [7, 11) is -3.50. The average molecular weight is 441 g/mol. The molecule has 9 heteroatoms. The highest BCUT2D eigenvalue weighted by Crippen LogP contribution is 2.30. The summed E-state index contributed by atoms with van der Waals surface area (Å²) >= 11 is 0. The number of para-hydroxylation sites is 1. The molecular weight excluding hydrogens is 412 g/mol. The molecule has 8 nitrogen and oxygen atoms in total. The van der Waals surface area contributed by atoms with Crippen molar-refractivity contribution in [3.05, 3.63) is 60.4 Å². The smallest absolute Gasteiger partial charge is 0.243 e. The van der Waals surface area contributed by atoms with Crippen LogP contribution < -0.4 is 16.4 Å². The predicted octanol–water partition coefficient (Wildman–Crippen LogP) is 4.14. The molecule has 4 N–H and O–H groups in total. The van der Waals surface area contributed by atoms with E-state index in [9.17, 15) is 8.42 Å². The molecule has 0 aliphatic rings. The van der Waals surface area contributed by atoms with E-state index in [1.807, 2.05) is 38.1 Å². The summed E-state index contributed by atoms with van der Waals surface area (Å²) in [6.45, 7) is 6.57. The lowest BCUT2D eigenvalue weighted by molar-refractivity contribution is 0.445. The third-order valence-electron chi connectivity index (χ3n) is 5.00. The first-order valence-electron chi connectivity index (χ1n) is 10.2. The molecule has 0 unspecified atom stereocenters. The van der Waals surface area contributed by atoms with Crippen molar-refractivity contribution in [1.29, 1.82) is 0 Å². The van der Waals surface area contributed by atoms with Crippen molar-refractivity contribution in [2.45, 2.75) is 32.1 Å². The van der Waals surface area contributed by atoms with Gasteiger partial charge in [0.15, 0.2) is 11.6 Å². The summed E-state index contributed by atoms with van der Waals surface area (Å²) < 4.78 is 26.7. The molecule has 3 aromatic rings.